The van der Waals surface area contributed by atoms with Gasteiger partial charge >= 0.3 is 6.18 Å². The molecule has 39 heavy (non-hydrogen) atoms. The maximum absolute atomic E-state index is 13.7. The molecule has 2 aromatic rings. The van der Waals surface area contributed by atoms with Crippen molar-refractivity contribution in [2.45, 2.75) is 120 Å². The summed E-state index contributed by atoms with van der Waals surface area (Å²) in [5.41, 5.74) is 6.14. The van der Waals surface area contributed by atoms with E-state index in [0.29, 0.717) is 61.1 Å². The third kappa shape index (κ3) is 4.65. The predicted molar refractivity (Wildman–Crippen MR) is 139 cm³/mol. The van der Waals surface area contributed by atoms with Crippen molar-refractivity contribution in [3.63, 3.8) is 0 Å². The summed E-state index contributed by atoms with van der Waals surface area (Å²) in [6.45, 7) is 6.92. The Morgan fingerprint density at radius 1 is 1.10 bits per heavy atom. The van der Waals surface area contributed by atoms with Gasteiger partial charge in [0.05, 0.1) is 11.1 Å². The number of carbonyl (C=O) groups is 1. The second-order valence-corrected chi connectivity index (χ2v) is 12.4. The van der Waals surface area contributed by atoms with Crippen LogP contribution in [0.4, 0.5) is 13.2 Å². The number of fused-ring (bicyclic) bond motifs is 3. The van der Waals surface area contributed by atoms with Crippen LogP contribution in [0.2, 0.25) is 0 Å². The van der Waals surface area contributed by atoms with E-state index in [1.165, 1.54) is 0 Å². The Morgan fingerprint density at radius 2 is 1.82 bits per heavy atom. The number of alkyl halides is 3. The van der Waals surface area contributed by atoms with Gasteiger partial charge < -0.3 is 15.2 Å². The van der Waals surface area contributed by atoms with E-state index in [1.54, 1.807) is 4.90 Å². The van der Waals surface area contributed by atoms with E-state index in [1.807, 2.05) is 6.92 Å². The van der Waals surface area contributed by atoms with Crippen molar-refractivity contribution in [1.29, 1.82) is 0 Å². The van der Waals surface area contributed by atoms with Gasteiger partial charge in [0.25, 0.3) is 0 Å². The Balaban J connectivity index is 1.14. The SMILES string of the molecule is Cc1nnc(C(C)C)n1C1CC2CCC(C1)N2C1CC[C@](N)(C(=O)N2CCc3ncc(C(F)(F)F)cc3C2)C1. The number of nitrogens with zero attached hydrogens (tertiary/aromatic N) is 6. The Morgan fingerprint density at radius 3 is 2.49 bits per heavy atom. The first-order valence-corrected chi connectivity index (χ1v) is 14.3. The molecule has 11 heteroatoms. The molecule has 0 aromatic carbocycles. The largest absolute Gasteiger partial charge is 0.417 e. The summed E-state index contributed by atoms with van der Waals surface area (Å²) >= 11 is 0. The zero-order chi connectivity index (χ0) is 27.7. The maximum Gasteiger partial charge on any atom is 0.417 e. The van der Waals surface area contributed by atoms with Gasteiger partial charge in [-0.15, -0.1) is 10.2 Å². The van der Waals surface area contributed by atoms with Crippen molar-refractivity contribution in [3.05, 3.63) is 40.7 Å². The first-order valence-electron chi connectivity index (χ1n) is 14.3. The minimum atomic E-state index is -4.46. The van der Waals surface area contributed by atoms with Gasteiger partial charge in [0, 0.05) is 61.5 Å². The number of pyridine rings is 1. The average Bonchev–Trinajstić information content (AvgIpc) is 3.55. The number of hydrogen-bond acceptors (Lipinski definition) is 6. The molecule has 3 fully saturated rings. The molecule has 1 saturated carbocycles. The minimum absolute atomic E-state index is 0.127. The van der Waals surface area contributed by atoms with Crippen molar-refractivity contribution in [3.8, 4) is 0 Å². The number of hydrogen-bond donors (Lipinski definition) is 1. The molecule has 1 aliphatic carbocycles. The van der Waals surface area contributed by atoms with Gasteiger partial charge in [-0.1, -0.05) is 13.8 Å². The highest BCUT2D eigenvalue weighted by Gasteiger charge is 2.52. The summed E-state index contributed by atoms with van der Waals surface area (Å²) in [4.78, 5) is 22.0. The second-order valence-electron chi connectivity index (χ2n) is 12.4. The fraction of sp³-hybridized carbons (Fsp3) is 0.714. The number of amides is 1. The van der Waals surface area contributed by atoms with Gasteiger partial charge in [-0.05, 0) is 63.5 Å². The fourth-order valence-electron chi connectivity index (χ4n) is 7.79. The van der Waals surface area contributed by atoms with Crippen LogP contribution >= 0.6 is 0 Å². The molecular weight excluding hydrogens is 507 g/mol. The summed E-state index contributed by atoms with van der Waals surface area (Å²) in [5, 5.41) is 8.83. The number of carbonyl (C=O) groups excluding carboxylic acids is 1. The highest BCUT2D eigenvalue weighted by atomic mass is 19.4. The van der Waals surface area contributed by atoms with Crippen LogP contribution in [-0.2, 0) is 23.9 Å². The van der Waals surface area contributed by atoms with Gasteiger partial charge in [-0.2, -0.15) is 13.2 Å². The number of piperidine rings is 1. The molecule has 212 valence electrons. The van der Waals surface area contributed by atoms with E-state index in [4.69, 9.17) is 5.73 Å². The Labute approximate surface area is 227 Å². The molecule has 0 spiro atoms. The van der Waals surface area contributed by atoms with Crippen LogP contribution in [-0.4, -0.2) is 65.7 Å². The predicted octanol–water partition coefficient (Wildman–Crippen LogP) is 4.13. The van der Waals surface area contributed by atoms with Gasteiger partial charge in [-0.25, -0.2) is 0 Å². The number of aryl methyl sites for hydroxylation is 1. The average molecular weight is 546 g/mol. The van der Waals surface area contributed by atoms with Crippen molar-refractivity contribution in [2.75, 3.05) is 6.54 Å². The van der Waals surface area contributed by atoms with Crippen molar-refractivity contribution < 1.29 is 18.0 Å². The van der Waals surface area contributed by atoms with E-state index in [-0.39, 0.29) is 18.5 Å². The van der Waals surface area contributed by atoms with Crippen molar-refractivity contribution in [1.82, 2.24) is 29.5 Å². The van der Waals surface area contributed by atoms with E-state index >= 15 is 0 Å². The van der Waals surface area contributed by atoms with Gasteiger partial charge in [0.1, 0.15) is 11.6 Å². The monoisotopic (exact) mass is 545 g/mol. The van der Waals surface area contributed by atoms with E-state index in [0.717, 1.165) is 56.0 Å². The van der Waals surface area contributed by atoms with Crippen LogP contribution in [0.3, 0.4) is 0 Å². The third-order valence-electron chi connectivity index (χ3n) is 9.56. The molecule has 2 N–H and O–H groups in total. The molecule has 5 heterocycles. The van der Waals surface area contributed by atoms with Crippen LogP contribution in [0.1, 0.15) is 99.2 Å². The van der Waals surface area contributed by atoms with Crippen molar-refractivity contribution in [2.24, 2.45) is 5.73 Å². The molecule has 8 nitrogen and oxygen atoms in total. The quantitative estimate of drug-likeness (QED) is 0.621. The van der Waals surface area contributed by atoms with Gasteiger partial charge in [0.2, 0.25) is 5.91 Å². The van der Waals surface area contributed by atoms with Crippen LogP contribution in [0.25, 0.3) is 0 Å². The smallest absolute Gasteiger partial charge is 0.336 e. The normalized spacial score (nSPS) is 31.2. The molecule has 2 aromatic heterocycles. The highest BCUT2D eigenvalue weighted by molar-refractivity contribution is 5.87. The van der Waals surface area contributed by atoms with Crippen molar-refractivity contribution >= 4 is 5.91 Å². The minimum Gasteiger partial charge on any atom is -0.336 e. The lowest BCUT2D eigenvalue weighted by Crippen LogP contribution is -2.56. The van der Waals surface area contributed by atoms with E-state index in [2.05, 4.69) is 38.5 Å². The van der Waals surface area contributed by atoms with Crippen LogP contribution in [0.15, 0.2) is 12.3 Å². The molecule has 6 rings (SSSR count). The molecule has 4 atom stereocenters. The summed E-state index contributed by atoms with van der Waals surface area (Å²) in [5.74, 6) is 2.21. The standard InChI is InChI=1S/C28H38F3N7O/c1-16(2)25-35-34-17(3)37(25)23-11-20-4-5-21(12-23)38(20)22-6-8-27(32,13-22)26(39)36-9-7-24-18(15-36)10-19(14-33-24)28(29,30)31/h10,14,16,20-23H,4-9,11-13,15,32H2,1-3H3/t20?,21?,22?,23?,27-/m1/s1. The van der Waals surface area contributed by atoms with E-state index in [9.17, 15) is 18.0 Å². The molecule has 3 unspecified atom stereocenters. The Hall–Kier alpha value is -2.53. The molecular formula is C28H38F3N7O. The first kappa shape index (κ1) is 26.7. The second kappa shape index (κ2) is 9.54. The highest BCUT2D eigenvalue weighted by Crippen LogP contribution is 2.47. The molecule has 0 radical (unpaired) electrons. The lowest BCUT2D eigenvalue weighted by Gasteiger charge is -2.44. The molecule has 2 bridgehead atoms. The topological polar surface area (TPSA) is 93.2 Å². The van der Waals surface area contributed by atoms with Crippen LogP contribution in [0.5, 0.6) is 0 Å². The van der Waals surface area contributed by atoms with Crippen LogP contribution in [0, 0.1) is 6.92 Å². The Kier molecular flexibility index (Phi) is 6.53. The fourth-order valence-corrected chi connectivity index (χ4v) is 7.79. The lowest BCUT2D eigenvalue weighted by molar-refractivity contribution is -0.138. The summed E-state index contributed by atoms with van der Waals surface area (Å²) in [6.07, 6.45) is 3.33. The number of nitrogens with two attached hydrogens (primary N) is 1. The zero-order valence-electron chi connectivity index (χ0n) is 22.9. The maximum atomic E-state index is 13.7. The molecule has 3 aliphatic heterocycles. The summed E-state index contributed by atoms with van der Waals surface area (Å²) < 4.78 is 42.1. The molecule has 1 amide bonds. The lowest BCUT2D eigenvalue weighted by atomic mass is 9.92. The van der Waals surface area contributed by atoms with E-state index < -0.39 is 17.3 Å². The number of aromatic nitrogens is 4. The zero-order valence-corrected chi connectivity index (χ0v) is 22.9. The summed E-state index contributed by atoms with van der Waals surface area (Å²) in [7, 11) is 0. The molecule has 2 saturated heterocycles. The number of rotatable bonds is 4. The van der Waals surface area contributed by atoms with Gasteiger partial charge in [-0.3, -0.25) is 14.7 Å². The van der Waals surface area contributed by atoms with Crippen LogP contribution < -0.4 is 5.73 Å². The first-order chi connectivity index (χ1) is 18.4. The third-order valence-corrected chi connectivity index (χ3v) is 9.56. The molecule has 4 aliphatic rings. The Bertz CT molecular complexity index is 1250. The number of halogens is 3. The van der Waals surface area contributed by atoms with Gasteiger partial charge in [0.15, 0.2) is 0 Å². The summed E-state index contributed by atoms with van der Waals surface area (Å²) in [6, 6.07) is 2.67.